The monoisotopic (exact) mass is 1480 g/mol. The molecule has 8 amide bonds. The largest absolute Gasteiger partial charge is 0.472 e. The first kappa shape index (κ1) is 76.8. The first-order chi connectivity index (χ1) is 48.0. The second-order valence-corrected chi connectivity index (χ2v) is 35.6. The van der Waals surface area contributed by atoms with Gasteiger partial charge in [0.05, 0.1) is 35.7 Å². The van der Waals surface area contributed by atoms with Crippen molar-refractivity contribution in [3.8, 4) is 5.88 Å². The molecule has 2 aliphatic heterocycles. The van der Waals surface area contributed by atoms with E-state index in [0.29, 0.717) is 47.3 Å². The zero-order valence-corrected chi connectivity index (χ0v) is 62.1. The van der Waals surface area contributed by atoms with Crippen molar-refractivity contribution in [2.75, 3.05) is 13.1 Å². The molecule has 0 radical (unpaired) electrons. The lowest BCUT2D eigenvalue weighted by Gasteiger charge is -2.36. The van der Waals surface area contributed by atoms with Crippen LogP contribution in [0.5, 0.6) is 5.88 Å². The second-order valence-electron chi connectivity index (χ2n) is 31.3. The minimum atomic E-state index is -3.90. The molecule has 2 saturated heterocycles. The summed E-state index contributed by atoms with van der Waals surface area (Å²) < 4.78 is 82.5. The number of likely N-dealkylation sites (tertiary alicyclic amines) is 2. The summed E-state index contributed by atoms with van der Waals surface area (Å²) in [5.74, 6) is -4.96. The number of aliphatic hydroxyl groups is 1. The summed E-state index contributed by atoms with van der Waals surface area (Å²) in [5.41, 5.74) is -3.53. The zero-order valence-electron chi connectivity index (χ0n) is 59.7. The van der Waals surface area contributed by atoms with Gasteiger partial charge in [-0.15, -0.1) is 13.2 Å². The summed E-state index contributed by atoms with van der Waals surface area (Å²) in [6.45, 7) is 28.0. The Labute approximate surface area is 602 Å². The Kier molecular flexibility index (Phi) is 21.3. The molecule has 2 aromatic carbocycles. The number of β-amino-alcohol motifs (C(OH)–C–C–N with tert-alkyl or cyclic N) is 1. The fourth-order valence-electron chi connectivity index (χ4n) is 12.7. The number of carbonyl (C=O) groups excluding carboxylic acids is 8. The molecular formula is C72H91ClN10O18S2. The minimum Gasteiger partial charge on any atom is -0.472 e. The number of ether oxygens (including phenoxy) is 3. The number of carbonyl (C=O) groups is 8. The Morgan fingerprint density at radius 2 is 0.990 bits per heavy atom. The van der Waals surface area contributed by atoms with Gasteiger partial charge in [0.15, 0.2) is 11.2 Å². The van der Waals surface area contributed by atoms with Gasteiger partial charge < -0.3 is 59.2 Å². The number of hydrogen-bond donors (Lipinski definition) is 7. The predicted molar refractivity (Wildman–Crippen MR) is 382 cm³/mol. The summed E-state index contributed by atoms with van der Waals surface area (Å²) in [6, 6.07) is 14.3. The number of benzene rings is 2. The molecule has 6 fully saturated rings. The van der Waals surface area contributed by atoms with Gasteiger partial charge in [-0.3, -0.25) is 38.2 Å². The van der Waals surface area contributed by atoms with E-state index in [0.717, 1.165) is 27.3 Å². The van der Waals surface area contributed by atoms with Crippen molar-refractivity contribution in [1.29, 1.82) is 0 Å². The van der Waals surface area contributed by atoms with Crippen molar-refractivity contribution in [2.45, 2.75) is 204 Å². The van der Waals surface area contributed by atoms with Gasteiger partial charge in [0.2, 0.25) is 49.6 Å². The fourth-order valence-corrected chi connectivity index (χ4v) is 15.7. The van der Waals surface area contributed by atoms with Crippen LogP contribution in [0.15, 0.2) is 107 Å². The van der Waals surface area contributed by atoms with Crippen LogP contribution < -0.4 is 35.4 Å². The highest BCUT2D eigenvalue weighted by molar-refractivity contribution is 7.91. The van der Waals surface area contributed by atoms with Crippen molar-refractivity contribution in [3.05, 3.63) is 104 Å². The maximum absolute atomic E-state index is 14.5. The maximum atomic E-state index is 14.5. The zero-order chi connectivity index (χ0) is 75.5. The Bertz CT molecular complexity index is 4580. The summed E-state index contributed by atoms with van der Waals surface area (Å²) in [6.07, 6.45) is 4.85. The lowest BCUT2D eigenvalue weighted by molar-refractivity contribution is -0.143. The Morgan fingerprint density at radius 3 is 1.40 bits per heavy atom. The molecule has 7 N–H and O–H groups in total. The first-order valence-electron chi connectivity index (χ1n) is 34.1. The van der Waals surface area contributed by atoms with Crippen LogP contribution in [0.25, 0.3) is 43.7 Å². The number of hydrogen-bond acceptors (Lipinski definition) is 20. The molecular weight excluding hydrogens is 1390 g/mol. The fraction of sp³-hybridized carbons (Fsp3) is 0.528. The van der Waals surface area contributed by atoms with Crippen molar-refractivity contribution >= 4 is 123 Å². The van der Waals surface area contributed by atoms with Gasteiger partial charge >= 0.3 is 12.2 Å². The minimum absolute atomic E-state index is 0.0110. The average molecular weight is 1480 g/mol. The van der Waals surface area contributed by atoms with Gasteiger partial charge in [-0.2, -0.15) is 0 Å². The number of amides is 8. The second kappa shape index (κ2) is 28.6. The third-order valence-corrected chi connectivity index (χ3v) is 22.5. The van der Waals surface area contributed by atoms with E-state index in [-0.39, 0.29) is 44.7 Å². The van der Waals surface area contributed by atoms with Crippen LogP contribution in [-0.4, -0.2) is 172 Å². The molecule has 0 spiro atoms. The smallest absolute Gasteiger partial charge is 0.408 e. The molecule has 6 heterocycles. The van der Waals surface area contributed by atoms with E-state index in [1.807, 2.05) is 54.6 Å². The van der Waals surface area contributed by atoms with Crippen molar-refractivity contribution in [2.24, 2.45) is 22.7 Å². The number of nitrogens with zero attached hydrogens (tertiary/aromatic N) is 4. The third-order valence-electron chi connectivity index (χ3n) is 18.6. The number of aromatic nitrogens is 2. The number of sulfonamides is 2. The van der Waals surface area contributed by atoms with Crippen molar-refractivity contribution in [1.82, 2.24) is 50.5 Å². The quantitative estimate of drug-likeness (QED) is 0.0315. The van der Waals surface area contributed by atoms with Gasteiger partial charge in [0, 0.05) is 64.9 Å². The Balaban J connectivity index is 0.000000191. The number of aliphatic hydroxyl groups excluding tert-OH is 1. The van der Waals surface area contributed by atoms with Crippen molar-refractivity contribution in [3.63, 3.8) is 0 Å². The summed E-state index contributed by atoms with van der Waals surface area (Å²) in [7, 11) is -7.74. The molecule has 4 saturated carbocycles. The third kappa shape index (κ3) is 17.4. The maximum Gasteiger partial charge on any atom is 0.408 e. The number of pyridine rings is 2. The lowest BCUT2D eigenvalue weighted by Crippen LogP contribution is -2.60. The van der Waals surface area contributed by atoms with Crippen LogP contribution in [0.2, 0.25) is 5.15 Å². The molecule has 12 rings (SSSR count). The number of nitrogens with one attached hydrogen (secondary N) is 6. The summed E-state index contributed by atoms with van der Waals surface area (Å²) >= 11 is 6.04. The van der Waals surface area contributed by atoms with Crippen LogP contribution in [0.4, 0.5) is 9.59 Å². The van der Waals surface area contributed by atoms with E-state index in [2.05, 4.69) is 53.8 Å². The van der Waals surface area contributed by atoms with Crippen LogP contribution in [0.1, 0.15) is 134 Å². The topological polar surface area (TPSA) is 383 Å². The van der Waals surface area contributed by atoms with E-state index in [4.69, 9.17) is 34.6 Å². The number of rotatable bonds is 18. The number of fused-ring (bicyclic) bond motifs is 6. The highest BCUT2D eigenvalue weighted by atomic mass is 35.5. The Hall–Kier alpha value is -8.87. The Morgan fingerprint density at radius 1 is 0.592 bits per heavy atom. The van der Waals surface area contributed by atoms with Gasteiger partial charge in [0.25, 0.3) is 11.8 Å². The normalized spacial score (nSPS) is 23.9. The van der Waals surface area contributed by atoms with Gasteiger partial charge in [-0.25, -0.2) is 36.4 Å². The van der Waals surface area contributed by atoms with E-state index in [1.54, 1.807) is 95.4 Å². The van der Waals surface area contributed by atoms with Crippen LogP contribution in [-0.2, 0) is 58.3 Å². The molecule has 10 atom stereocenters. The van der Waals surface area contributed by atoms with Crippen LogP contribution >= 0.6 is 11.6 Å². The summed E-state index contributed by atoms with van der Waals surface area (Å²) in [5, 5.41) is 23.7. The SMILES string of the molecule is C=CC1C[C@]1(NC(=O)[C@@H]1C[C@@H](O)CN1C(=O)[C@@H](NC(=O)OC(C)(C)C)C(C)(C)C)C(=O)NS(=O)(=O)C1CC1.C=CC1C[C@]1(NC(=O)[C@@H]1C[C@@H](Oc2nc3ccoc3c3ccccc23)CN1C(=O)[C@@H](NC(=O)OC(C)(C)C)C(C)(C)C)C(=O)NS(=O)(=O)C1CC1.Clc1nc2ccoc2c2ccccc12. The molecule has 6 aromatic rings. The molecule has 2 unspecified atom stereocenters. The predicted octanol–water partition coefficient (Wildman–Crippen LogP) is 8.13. The van der Waals surface area contributed by atoms with E-state index < -0.39 is 159 Å². The number of alkyl carbamates (subject to hydrolysis) is 2. The van der Waals surface area contributed by atoms with E-state index in [1.165, 1.54) is 28.2 Å². The number of halogens is 1. The van der Waals surface area contributed by atoms with Gasteiger partial charge in [0.1, 0.15) is 68.7 Å². The van der Waals surface area contributed by atoms with Gasteiger partial charge in [-0.1, -0.05) is 108 Å². The van der Waals surface area contributed by atoms with Crippen molar-refractivity contribution < 1.29 is 83.3 Å². The highest BCUT2D eigenvalue weighted by Gasteiger charge is 2.64. The standard InChI is InChI=1S/C36H45N5O9S.C25H40N4O8S.C11H6ClNO/c1-8-20-18-36(20,32(44)40-51(46,47)22-13-14-22)39-29(42)26-17-21(49-30-24-12-10-9-11-23(24)27-25(37-30)15-16-48-27)19-41(26)31(43)28(34(2,3)4)38-33(45)50-35(5,6)7;1-8-14-12-25(14,21(33)28-38(35,36)16-9-10-16)27-19(31)17-11-15(30)13-29(17)20(32)18(23(2,3)4)26-22(34)37-24(5,6)7;12-11-8-4-2-1-3-7(8)10-9(13-11)5-6-14-10/h8-12,15-16,20-22,26,28H,1,13-14,17-19H2,2-7H3,(H,38,45)(H,39,42)(H,40,44);8,14-18,30H,1,9-13H2,2-7H3,(H,26,34)(H,27,31)(H,28,33);1-6H/t20?,21-,26+,28-,36-;14?,15-,17+,18-,25-;/m11./s1. The van der Waals surface area contributed by atoms with Gasteiger partial charge in [-0.05, 0) is 97.0 Å². The summed E-state index contributed by atoms with van der Waals surface area (Å²) in [4.78, 5) is 119. The van der Waals surface area contributed by atoms with Crippen LogP contribution in [0, 0.1) is 22.7 Å². The molecule has 6 aliphatic rings. The molecule has 4 aromatic heterocycles. The molecule has 556 valence electrons. The molecule has 28 nitrogen and oxygen atoms in total. The molecule has 4 aliphatic carbocycles. The number of furan rings is 2. The van der Waals surface area contributed by atoms with E-state index >= 15 is 0 Å². The van der Waals surface area contributed by atoms with Crippen LogP contribution in [0.3, 0.4) is 0 Å². The first-order valence-corrected chi connectivity index (χ1v) is 37.6. The van der Waals surface area contributed by atoms with E-state index in [9.17, 15) is 60.3 Å². The highest BCUT2D eigenvalue weighted by Crippen LogP contribution is 2.47. The molecule has 0 bridgehead atoms. The average Bonchev–Trinajstić information content (AvgIpc) is 1.58. The molecule has 103 heavy (non-hydrogen) atoms. The lowest BCUT2D eigenvalue weighted by atomic mass is 9.85. The molecule has 31 heteroatoms.